The Balaban J connectivity index is 2.56. The second-order valence-electron chi connectivity index (χ2n) is 7.54. The van der Waals surface area contributed by atoms with Crippen LogP contribution in [0.4, 0.5) is 4.79 Å². The molecule has 1 saturated heterocycles. The van der Waals surface area contributed by atoms with E-state index in [4.69, 9.17) is 9.47 Å². The fraction of sp³-hybridized carbons (Fsp3) is 0.875. The molecule has 1 aliphatic rings. The summed E-state index contributed by atoms with van der Waals surface area (Å²) in [5.41, 5.74) is -1.71. The van der Waals surface area contributed by atoms with Gasteiger partial charge in [-0.15, -0.1) is 0 Å². The third kappa shape index (κ3) is 7.02. The van der Waals surface area contributed by atoms with Gasteiger partial charge in [0.05, 0.1) is 18.8 Å². The second-order valence-corrected chi connectivity index (χ2v) is 7.54. The Bertz CT molecular complexity index is 447. The Morgan fingerprint density at radius 1 is 1.38 bits per heavy atom. The number of morpholine rings is 1. The van der Waals surface area contributed by atoms with Crippen LogP contribution in [0, 0.1) is 0 Å². The molecule has 8 heteroatoms. The number of nitrogens with one attached hydrogen (secondary N) is 1. The van der Waals surface area contributed by atoms with Crippen LogP contribution < -0.4 is 5.32 Å². The quantitative estimate of drug-likeness (QED) is 0.732. The summed E-state index contributed by atoms with van der Waals surface area (Å²) in [6.45, 7) is 8.97. The van der Waals surface area contributed by atoms with Gasteiger partial charge in [-0.25, -0.2) is 4.79 Å². The molecule has 0 aromatic heterocycles. The molecule has 1 fully saturated rings. The number of nitrogens with zero attached hydrogens (tertiary/aromatic N) is 2. The molecule has 2 N–H and O–H groups in total. The summed E-state index contributed by atoms with van der Waals surface area (Å²) in [6.07, 6.45) is -1.02. The van der Waals surface area contributed by atoms with E-state index < -0.39 is 23.4 Å². The van der Waals surface area contributed by atoms with Crippen LogP contribution in [0.25, 0.3) is 0 Å². The molecule has 0 aromatic rings. The number of rotatable bonds is 5. The number of carbonyl (C=O) groups excluding carboxylic acids is 2. The third-order valence-electron chi connectivity index (χ3n) is 3.54. The molecule has 1 rings (SSSR count). The number of carbonyl (C=O) groups is 2. The summed E-state index contributed by atoms with van der Waals surface area (Å²) in [5, 5.41) is 13.2. The lowest BCUT2D eigenvalue weighted by molar-refractivity contribution is -0.140. The Morgan fingerprint density at radius 2 is 2.00 bits per heavy atom. The molecule has 0 spiro atoms. The molecule has 24 heavy (non-hydrogen) atoms. The summed E-state index contributed by atoms with van der Waals surface area (Å²) < 4.78 is 10.7. The van der Waals surface area contributed by atoms with Crippen molar-refractivity contribution in [2.45, 2.75) is 45.0 Å². The van der Waals surface area contributed by atoms with Crippen LogP contribution >= 0.6 is 0 Å². The lowest BCUT2D eigenvalue weighted by atomic mass is 10.1. The largest absolute Gasteiger partial charge is 0.444 e. The molecule has 0 unspecified atom stereocenters. The fourth-order valence-corrected chi connectivity index (χ4v) is 2.61. The first-order valence-electron chi connectivity index (χ1n) is 8.15. The minimum absolute atomic E-state index is 0.129. The molecular weight excluding hydrogens is 314 g/mol. The van der Waals surface area contributed by atoms with E-state index in [1.807, 2.05) is 4.90 Å². The Morgan fingerprint density at radius 3 is 2.54 bits per heavy atom. The van der Waals surface area contributed by atoms with E-state index in [0.29, 0.717) is 26.2 Å². The van der Waals surface area contributed by atoms with Crippen molar-refractivity contribution in [1.29, 1.82) is 0 Å². The van der Waals surface area contributed by atoms with Gasteiger partial charge in [-0.05, 0) is 27.7 Å². The highest BCUT2D eigenvalue weighted by atomic mass is 16.6. The van der Waals surface area contributed by atoms with Gasteiger partial charge in [0, 0.05) is 33.7 Å². The minimum Gasteiger partial charge on any atom is -0.444 e. The Hall–Kier alpha value is -1.38. The molecule has 0 aliphatic carbocycles. The van der Waals surface area contributed by atoms with Crippen molar-refractivity contribution < 1.29 is 24.2 Å². The number of hydrogen-bond donors (Lipinski definition) is 2. The van der Waals surface area contributed by atoms with Crippen molar-refractivity contribution in [2.75, 3.05) is 46.9 Å². The molecule has 1 heterocycles. The second kappa shape index (κ2) is 8.13. The molecule has 0 saturated carbocycles. The first-order chi connectivity index (χ1) is 10.9. The monoisotopic (exact) mass is 345 g/mol. The molecule has 0 aromatic carbocycles. The van der Waals surface area contributed by atoms with Crippen molar-refractivity contribution in [2.24, 2.45) is 0 Å². The van der Waals surface area contributed by atoms with Crippen LogP contribution in [-0.2, 0) is 14.3 Å². The summed E-state index contributed by atoms with van der Waals surface area (Å²) >= 11 is 0. The van der Waals surface area contributed by atoms with Crippen molar-refractivity contribution in [3.05, 3.63) is 0 Å². The van der Waals surface area contributed by atoms with Crippen LogP contribution in [0.5, 0.6) is 0 Å². The predicted molar refractivity (Wildman–Crippen MR) is 89.7 cm³/mol. The van der Waals surface area contributed by atoms with Crippen molar-refractivity contribution in [1.82, 2.24) is 15.1 Å². The maximum Gasteiger partial charge on any atom is 0.410 e. The first-order valence-corrected chi connectivity index (χ1v) is 8.15. The molecule has 2 amide bonds. The lowest BCUT2D eigenvalue weighted by Gasteiger charge is -2.38. The zero-order chi connectivity index (χ0) is 18.5. The van der Waals surface area contributed by atoms with E-state index in [2.05, 4.69) is 5.32 Å². The molecule has 140 valence electrons. The Labute approximate surface area is 144 Å². The van der Waals surface area contributed by atoms with E-state index in [1.54, 1.807) is 41.8 Å². The molecule has 0 radical (unpaired) electrons. The SMILES string of the molecule is CNC(=O)[C@H]1CN(C[C@@](C)(O)CN(C)C(=O)OC(C)(C)C)CCO1. The number of aliphatic hydroxyl groups is 1. The first kappa shape index (κ1) is 20.7. The summed E-state index contributed by atoms with van der Waals surface area (Å²) in [4.78, 5) is 27.0. The van der Waals surface area contributed by atoms with Crippen LogP contribution in [0.1, 0.15) is 27.7 Å². The number of likely N-dealkylation sites (N-methyl/N-ethyl adjacent to an activating group) is 2. The Kier molecular flexibility index (Phi) is 7.00. The lowest BCUT2D eigenvalue weighted by Crippen LogP contribution is -2.55. The average Bonchev–Trinajstić information content (AvgIpc) is 2.43. The van der Waals surface area contributed by atoms with Gasteiger partial charge >= 0.3 is 6.09 Å². The number of amides is 2. The predicted octanol–water partition coefficient (Wildman–Crippen LogP) is 0.0511. The highest BCUT2D eigenvalue weighted by molar-refractivity contribution is 5.80. The smallest absolute Gasteiger partial charge is 0.410 e. The highest BCUT2D eigenvalue weighted by Gasteiger charge is 2.33. The maximum absolute atomic E-state index is 12.0. The van der Waals surface area contributed by atoms with Gasteiger partial charge in [0.15, 0.2) is 0 Å². The molecule has 0 bridgehead atoms. The van der Waals surface area contributed by atoms with Gasteiger partial charge < -0.3 is 24.8 Å². The van der Waals surface area contributed by atoms with Crippen LogP contribution in [-0.4, -0.2) is 91.1 Å². The van der Waals surface area contributed by atoms with Crippen molar-refractivity contribution >= 4 is 12.0 Å². The molecule has 1 aliphatic heterocycles. The highest BCUT2D eigenvalue weighted by Crippen LogP contribution is 2.15. The molecule has 8 nitrogen and oxygen atoms in total. The van der Waals surface area contributed by atoms with Crippen LogP contribution in [0.2, 0.25) is 0 Å². The normalized spacial score (nSPS) is 21.7. The topological polar surface area (TPSA) is 91.3 Å². The maximum atomic E-state index is 12.0. The fourth-order valence-electron chi connectivity index (χ4n) is 2.61. The van der Waals surface area contributed by atoms with E-state index in [1.165, 1.54) is 4.90 Å². The van der Waals surface area contributed by atoms with Gasteiger partial charge in [0.2, 0.25) is 5.91 Å². The van der Waals surface area contributed by atoms with Gasteiger partial charge in [0.25, 0.3) is 0 Å². The number of ether oxygens (including phenoxy) is 2. The average molecular weight is 345 g/mol. The zero-order valence-electron chi connectivity index (χ0n) is 15.6. The van der Waals surface area contributed by atoms with Gasteiger partial charge in [-0.2, -0.15) is 0 Å². The van der Waals surface area contributed by atoms with E-state index >= 15 is 0 Å². The summed E-state index contributed by atoms with van der Waals surface area (Å²) in [6, 6.07) is 0. The van der Waals surface area contributed by atoms with Crippen molar-refractivity contribution in [3.63, 3.8) is 0 Å². The molecule has 2 atom stereocenters. The van der Waals surface area contributed by atoms with Gasteiger partial charge in [0.1, 0.15) is 11.7 Å². The zero-order valence-corrected chi connectivity index (χ0v) is 15.6. The number of β-amino-alcohol motifs (C(OH)–C–C–N with tert-alkyl or cyclic N) is 1. The van der Waals surface area contributed by atoms with Gasteiger partial charge in [-0.3, -0.25) is 9.69 Å². The van der Waals surface area contributed by atoms with Crippen LogP contribution in [0.15, 0.2) is 0 Å². The van der Waals surface area contributed by atoms with E-state index in [0.717, 1.165) is 0 Å². The van der Waals surface area contributed by atoms with Gasteiger partial charge in [-0.1, -0.05) is 0 Å². The standard InChI is InChI=1S/C16H31N3O5/c1-15(2,3)24-14(21)18(6)10-16(4,22)11-19-7-8-23-12(9-19)13(20)17-5/h12,22H,7-11H2,1-6H3,(H,17,20)/t12-,16+/m1/s1. The minimum atomic E-state index is -1.13. The van der Waals surface area contributed by atoms with E-state index in [9.17, 15) is 14.7 Å². The third-order valence-corrected chi connectivity index (χ3v) is 3.54. The van der Waals surface area contributed by atoms with Crippen LogP contribution in [0.3, 0.4) is 0 Å². The molecular formula is C16H31N3O5. The number of hydrogen-bond acceptors (Lipinski definition) is 6. The van der Waals surface area contributed by atoms with Crippen molar-refractivity contribution in [3.8, 4) is 0 Å². The summed E-state index contributed by atoms with van der Waals surface area (Å²) in [7, 11) is 3.16. The van der Waals surface area contributed by atoms with E-state index in [-0.39, 0.29) is 12.5 Å². The summed E-state index contributed by atoms with van der Waals surface area (Å²) in [5.74, 6) is -0.176.